The van der Waals surface area contributed by atoms with Crippen molar-refractivity contribution >= 4 is 11.8 Å². The van der Waals surface area contributed by atoms with Crippen LogP contribution in [0.1, 0.15) is 22.5 Å². The summed E-state index contributed by atoms with van der Waals surface area (Å²) in [5, 5.41) is 2.85. The Labute approximate surface area is 147 Å². The van der Waals surface area contributed by atoms with Crippen molar-refractivity contribution in [1.29, 1.82) is 0 Å². The van der Waals surface area contributed by atoms with E-state index in [0.717, 1.165) is 5.56 Å². The molecule has 0 aliphatic heterocycles. The summed E-state index contributed by atoms with van der Waals surface area (Å²) in [6.07, 6.45) is 4.60. The predicted molar refractivity (Wildman–Crippen MR) is 92.7 cm³/mol. The number of nitrogens with one attached hydrogen (secondary N) is 1. The summed E-state index contributed by atoms with van der Waals surface area (Å²) in [7, 11) is 1.57. The van der Waals surface area contributed by atoms with E-state index in [1.807, 2.05) is 30.3 Å². The fourth-order valence-corrected chi connectivity index (χ4v) is 2.21. The van der Waals surface area contributed by atoms with Crippen LogP contribution in [-0.4, -0.2) is 53.5 Å². The molecule has 7 heteroatoms. The molecular weight excluding hydrogens is 320 g/mol. The predicted octanol–water partition coefficient (Wildman–Crippen LogP) is 1.27. The number of hydrogen-bond donors (Lipinski definition) is 1. The van der Waals surface area contributed by atoms with Gasteiger partial charge in [-0.15, -0.1) is 0 Å². The fraction of sp³-hybridized carbons (Fsp3) is 0.333. The Kier molecular flexibility index (Phi) is 7.52. The molecule has 0 bridgehead atoms. The number of aromatic nitrogens is 2. The molecular formula is C18H22N4O3. The highest BCUT2D eigenvalue weighted by Crippen LogP contribution is 2.02. The van der Waals surface area contributed by atoms with Crippen LogP contribution in [-0.2, 0) is 16.1 Å². The second kappa shape index (κ2) is 10.1. The lowest BCUT2D eigenvalue weighted by Gasteiger charge is -2.21. The van der Waals surface area contributed by atoms with Crippen LogP contribution in [0.3, 0.4) is 0 Å². The van der Waals surface area contributed by atoms with Crippen LogP contribution in [0, 0.1) is 0 Å². The van der Waals surface area contributed by atoms with Crippen LogP contribution in [0.4, 0.5) is 0 Å². The van der Waals surface area contributed by atoms with Gasteiger partial charge in [-0.1, -0.05) is 30.3 Å². The van der Waals surface area contributed by atoms with Gasteiger partial charge in [0.2, 0.25) is 5.91 Å². The highest BCUT2D eigenvalue weighted by molar-refractivity contribution is 5.92. The highest BCUT2D eigenvalue weighted by Gasteiger charge is 2.18. The normalized spacial score (nSPS) is 10.3. The Morgan fingerprint density at radius 1 is 1.16 bits per heavy atom. The first kappa shape index (κ1) is 18.5. The summed E-state index contributed by atoms with van der Waals surface area (Å²) in [5.41, 5.74) is 1.28. The summed E-state index contributed by atoms with van der Waals surface area (Å²) in [6.45, 7) is 1.53. The van der Waals surface area contributed by atoms with E-state index >= 15 is 0 Å². The van der Waals surface area contributed by atoms with E-state index in [1.165, 1.54) is 18.6 Å². The van der Waals surface area contributed by atoms with E-state index < -0.39 is 0 Å². The van der Waals surface area contributed by atoms with Crippen LogP contribution in [0.15, 0.2) is 48.9 Å². The van der Waals surface area contributed by atoms with E-state index in [9.17, 15) is 9.59 Å². The topological polar surface area (TPSA) is 84.4 Å². The molecule has 0 saturated carbocycles. The zero-order chi connectivity index (χ0) is 17.9. The average Bonchev–Trinajstić information content (AvgIpc) is 2.67. The first-order valence-electron chi connectivity index (χ1n) is 8.05. The number of carbonyl (C=O) groups excluding carboxylic acids is 2. The third kappa shape index (κ3) is 6.31. The van der Waals surface area contributed by atoms with E-state index in [4.69, 9.17) is 4.74 Å². The Morgan fingerprint density at radius 2 is 1.96 bits per heavy atom. The molecule has 2 rings (SSSR count). The van der Waals surface area contributed by atoms with Gasteiger partial charge in [0.25, 0.3) is 5.91 Å². The van der Waals surface area contributed by atoms with E-state index in [-0.39, 0.29) is 23.9 Å². The summed E-state index contributed by atoms with van der Waals surface area (Å²) in [6, 6.07) is 9.67. The molecule has 1 aromatic carbocycles. The van der Waals surface area contributed by atoms with Gasteiger partial charge in [-0.25, -0.2) is 4.98 Å². The molecule has 7 nitrogen and oxygen atoms in total. The second-order valence-corrected chi connectivity index (χ2v) is 5.39. The maximum Gasteiger partial charge on any atom is 0.274 e. The Balaban J connectivity index is 1.86. The van der Waals surface area contributed by atoms with Crippen molar-refractivity contribution in [3.63, 3.8) is 0 Å². The van der Waals surface area contributed by atoms with Crippen LogP contribution in [0.25, 0.3) is 0 Å². The maximum atomic E-state index is 12.5. The third-order valence-electron chi connectivity index (χ3n) is 3.58. The molecule has 0 aliphatic rings. The number of benzene rings is 1. The lowest BCUT2D eigenvalue weighted by atomic mass is 10.2. The first-order chi connectivity index (χ1) is 12.2. The molecule has 0 radical (unpaired) electrons. The van der Waals surface area contributed by atoms with Crippen LogP contribution >= 0.6 is 0 Å². The SMILES string of the molecule is COCCN(CCC(=O)NCc1ccccc1)C(=O)c1cnccn1. The number of ether oxygens (including phenoxy) is 1. The monoisotopic (exact) mass is 342 g/mol. The smallest absolute Gasteiger partial charge is 0.274 e. The number of amides is 2. The first-order valence-corrected chi connectivity index (χ1v) is 8.05. The number of nitrogens with zero attached hydrogens (tertiary/aromatic N) is 3. The van der Waals surface area contributed by atoms with Gasteiger partial charge >= 0.3 is 0 Å². The number of carbonyl (C=O) groups is 2. The fourth-order valence-electron chi connectivity index (χ4n) is 2.21. The molecule has 1 aromatic heterocycles. The molecule has 0 spiro atoms. The van der Waals surface area contributed by atoms with Gasteiger partial charge in [0.1, 0.15) is 5.69 Å². The van der Waals surface area contributed by atoms with Gasteiger partial charge in [0.15, 0.2) is 0 Å². The van der Waals surface area contributed by atoms with Gasteiger partial charge in [0, 0.05) is 45.6 Å². The van der Waals surface area contributed by atoms with Crippen molar-refractivity contribution in [2.45, 2.75) is 13.0 Å². The quantitative estimate of drug-likeness (QED) is 0.742. The summed E-state index contributed by atoms with van der Waals surface area (Å²) in [5.74, 6) is -0.376. The largest absolute Gasteiger partial charge is 0.383 e. The molecule has 1 heterocycles. The number of hydrogen-bond acceptors (Lipinski definition) is 5. The Hall–Kier alpha value is -2.80. The van der Waals surface area contributed by atoms with Crippen molar-refractivity contribution in [3.8, 4) is 0 Å². The second-order valence-electron chi connectivity index (χ2n) is 5.39. The average molecular weight is 342 g/mol. The number of rotatable bonds is 9. The minimum Gasteiger partial charge on any atom is -0.383 e. The molecule has 2 aromatic rings. The van der Waals surface area contributed by atoms with Crippen LogP contribution < -0.4 is 5.32 Å². The van der Waals surface area contributed by atoms with Crippen LogP contribution in [0.5, 0.6) is 0 Å². The minimum atomic E-state index is -0.263. The van der Waals surface area contributed by atoms with Crippen LogP contribution in [0.2, 0.25) is 0 Å². The lowest BCUT2D eigenvalue weighted by molar-refractivity contribution is -0.121. The van der Waals surface area contributed by atoms with E-state index in [2.05, 4.69) is 15.3 Å². The highest BCUT2D eigenvalue weighted by atomic mass is 16.5. The van der Waals surface area contributed by atoms with Crippen molar-refractivity contribution < 1.29 is 14.3 Å². The van der Waals surface area contributed by atoms with Crippen molar-refractivity contribution in [2.75, 3.05) is 26.8 Å². The van der Waals surface area contributed by atoms with E-state index in [1.54, 1.807) is 12.0 Å². The molecule has 0 aliphatic carbocycles. The minimum absolute atomic E-state index is 0.113. The van der Waals surface area contributed by atoms with Gasteiger partial charge in [-0.3, -0.25) is 14.6 Å². The molecule has 0 fully saturated rings. The van der Waals surface area contributed by atoms with Gasteiger partial charge in [0.05, 0.1) is 12.8 Å². The van der Waals surface area contributed by atoms with Gasteiger partial charge < -0.3 is 15.0 Å². The maximum absolute atomic E-state index is 12.5. The molecule has 0 atom stereocenters. The molecule has 25 heavy (non-hydrogen) atoms. The molecule has 0 saturated heterocycles. The molecule has 0 unspecified atom stereocenters. The third-order valence-corrected chi connectivity index (χ3v) is 3.58. The summed E-state index contributed by atoms with van der Waals surface area (Å²) < 4.78 is 5.04. The molecule has 1 N–H and O–H groups in total. The lowest BCUT2D eigenvalue weighted by Crippen LogP contribution is -2.37. The Bertz CT molecular complexity index is 665. The van der Waals surface area contributed by atoms with Gasteiger partial charge in [-0.2, -0.15) is 0 Å². The van der Waals surface area contributed by atoms with E-state index in [0.29, 0.717) is 26.2 Å². The number of methoxy groups -OCH3 is 1. The zero-order valence-electron chi connectivity index (χ0n) is 14.2. The van der Waals surface area contributed by atoms with Crippen molar-refractivity contribution in [3.05, 3.63) is 60.2 Å². The summed E-state index contributed by atoms with van der Waals surface area (Å²) in [4.78, 5) is 34.0. The van der Waals surface area contributed by atoms with Crippen molar-refractivity contribution in [1.82, 2.24) is 20.2 Å². The summed E-state index contributed by atoms with van der Waals surface area (Å²) >= 11 is 0. The molecule has 2 amide bonds. The standard InChI is InChI=1S/C18H22N4O3/c1-25-12-11-22(18(24)16-14-19-8-9-20-16)10-7-17(23)21-13-15-5-3-2-4-6-15/h2-6,8-9,14H,7,10-13H2,1H3,(H,21,23). The molecule has 132 valence electrons. The van der Waals surface area contributed by atoms with Crippen molar-refractivity contribution in [2.24, 2.45) is 0 Å². The van der Waals surface area contributed by atoms with Gasteiger partial charge in [-0.05, 0) is 5.56 Å². The Morgan fingerprint density at radius 3 is 2.64 bits per heavy atom. The zero-order valence-corrected chi connectivity index (χ0v) is 14.2.